The molecule has 0 aromatic rings. The summed E-state index contributed by atoms with van der Waals surface area (Å²) in [5.41, 5.74) is 0. The summed E-state index contributed by atoms with van der Waals surface area (Å²) in [6.45, 7) is 1.04. The Morgan fingerprint density at radius 2 is 2.12 bits per heavy atom. The van der Waals surface area contributed by atoms with Crippen molar-refractivity contribution in [3.05, 3.63) is 0 Å². The van der Waals surface area contributed by atoms with Crippen molar-refractivity contribution in [2.24, 2.45) is 5.92 Å². The van der Waals surface area contributed by atoms with Crippen LogP contribution in [0.5, 0.6) is 0 Å². The lowest BCUT2D eigenvalue weighted by atomic mass is 10.0. The van der Waals surface area contributed by atoms with Gasteiger partial charge in [-0.1, -0.05) is 25.7 Å². The van der Waals surface area contributed by atoms with Crippen LogP contribution < -0.4 is 0 Å². The highest BCUT2D eigenvalue weighted by molar-refractivity contribution is 8.00. The third kappa shape index (κ3) is 2.11. The molecule has 0 spiro atoms. The van der Waals surface area contributed by atoms with E-state index in [9.17, 15) is 4.79 Å². The smallest absolute Gasteiger partial charge is 0.222 e. The summed E-state index contributed by atoms with van der Waals surface area (Å²) < 4.78 is 0. The zero-order chi connectivity index (χ0) is 11.0. The maximum Gasteiger partial charge on any atom is 0.222 e. The third-order valence-corrected chi connectivity index (χ3v) is 5.85. The van der Waals surface area contributed by atoms with Gasteiger partial charge in [0.1, 0.15) is 0 Å². The van der Waals surface area contributed by atoms with Gasteiger partial charge in [-0.05, 0) is 18.8 Å². The molecule has 2 nitrogen and oxygen atoms in total. The van der Waals surface area contributed by atoms with Crippen LogP contribution in [0.3, 0.4) is 0 Å². The van der Waals surface area contributed by atoms with E-state index in [1.54, 1.807) is 0 Å². The first-order valence-corrected chi connectivity index (χ1v) is 7.79. The van der Waals surface area contributed by atoms with Crippen molar-refractivity contribution in [1.82, 2.24) is 4.90 Å². The fourth-order valence-corrected chi connectivity index (χ4v) is 4.91. The van der Waals surface area contributed by atoms with Crippen LogP contribution >= 0.6 is 11.8 Å². The molecule has 0 radical (unpaired) electrons. The third-order valence-electron chi connectivity index (χ3n) is 4.46. The number of amides is 1. The van der Waals surface area contributed by atoms with E-state index >= 15 is 0 Å². The van der Waals surface area contributed by atoms with Crippen molar-refractivity contribution in [2.45, 2.75) is 56.2 Å². The van der Waals surface area contributed by atoms with Crippen LogP contribution in [0, 0.1) is 5.92 Å². The van der Waals surface area contributed by atoms with Crippen LogP contribution in [-0.2, 0) is 4.79 Å². The van der Waals surface area contributed by atoms with Gasteiger partial charge < -0.3 is 4.90 Å². The fraction of sp³-hybridized carbons (Fsp3) is 0.923. The number of thioether (sulfide) groups is 1. The Bertz CT molecular complexity index is 275. The number of likely N-dealkylation sites (tertiary alicyclic amines) is 1. The second-order valence-electron chi connectivity index (χ2n) is 5.58. The molecule has 3 rings (SSSR count). The standard InChI is InChI=1S/C13H21NOS/c15-13(6-5-10-3-1-2-4-10)14-8-12-7-11(14)9-16-12/h10-12H,1-9H2. The maximum absolute atomic E-state index is 12.1. The lowest BCUT2D eigenvalue weighted by Crippen LogP contribution is -2.39. The zero-order valence-electron chi connectivity index (χ0n) is 9.86. The highest BCUT2D eigenvalue weighted by Crippen LogP contribution is 2.38. The normalized spacial score (nSPS) is 33.9. The second-order valence-corrected chi connectivity index (χ2v) is 6.91. The molecule has 3 fully saturated rings. The molecule has 0 aromatic heterocycles. The zero-order valence-corrected chi connectivity index (χ0v) is 10.7. The van der Waals surface area contributed by atoms with Gasteiger partial charge in [-0.15, -0.1) is 0 Å². The minimum atomic E-state index is 0.444. The van der Waals surface area contributed by atoms with Crippen molar-refractivity contribution < 1.29 is 4.79 Å². The van der Waals surface area contributed by atoms with Crippen LogP contribution in [0.1, 0.15) is 44.9 Å². The molecule has 2 aliphatic heterocycles. The van der Waals surface area contributed by atoms with E-state index in [0.29, 0.717) is 11.9 Å². The summed E-state index contributed by atoms with van der Waals surface area (Å²) in [6, 6.07) is 0.589. The van der Waals surface area contributed by atoms with Gasteiger partial charge in [0.05, 0.1) is 0 Å². The number of carbonyl (C=O) groups excluding carboxylic acids is 1. The van der Waals surface area contributed by atoms with Gasteiger partial charge in [-0.2, -0.15) is 11.8 Å². The highest BCUT2D eigenvalue weighted by atomic mass is 32.2. The first kappa shape index (κ1) is 10.9. The number of hydrogen-bond acceptors (Lipinski definition) is 2. The monoisotopic (exact) mass is 239 g/mol. The Balaban J connectivity index is 1.46. The summed E-state index contributed by atoms with van der Waals surface area (Å²) in [4.78, 5) is 14.3. The average Bonchev–Trinajstić information content (AvgIpc) is 3.01. The Morgan fingerprint density at radius 3 is 2.75 bits per heavy atom. The van der Waals surface area contributed by atoms with E-state index in [1.165, 1.54) is 37.9 Å². The highest BCUT2D eigenvalue weighted by Gasteiger charge is 2.40. The molecule has 90 valence electrons. The van der Waals surface area contributed by atoms with Crippen LogP contribution in [-0.4, -0.2) is 34.4 Å². The van der Waals surface area contributed by atoms with E-state index < -0.39 is 0 Å². The molecule has 2 unspecified atom stereocenters. The lowest BCUT2D eigenvalue weighted by Gasteiger charge is -2.27. The van der Waals surface area contributed by atoms with E-state index in [2.05, 4.69) is 16.7 Å². The van der Waals surface area contributed by atoms with Crippen LogP contribution in [0.15, 0.2) is 0 Å². The summed E-state index contributed by atoms with van der Waals surface area (Å²) in [5, 5.41) is 0.764. The molecule has 2 saturated heterocycles. The van der Waals surface area contributed by atoms with Crippen molar-refractivity contribution in [3.8, 4) is 0 Å². The van der Waals surface area contributed by atoms with Gasteiger partial charge in [0.15, 0.2) is 0 Å². The van der Waals surface area contributed by atoms with E-state index in [1.807, 2.05) is 0 Å². The molecule has 2 heterocycles. The number of fused-ring (bicyclic) bond motifs is 2. The molecule has 1 amide bonds. The van der Waals surface area contributed by atoms with Crippen LogP contribution in [0.25, 0.3) is 0 Å². The van der Waals surface area contributed by atoms with Crippen molar-refractivity contribution in [3.63, 3.8) is 0 Å². The Morgan fingerprint density at radius 1 is 1.31 bits per heavy atom. The molecule has 2 bridgehead atoms. The summed E-state index contributed by atoms with van der Waals surface area (Å²) in [5.74, 6) is 2.50. The van der Waals surface area contributed by atoms with Gasteiger partial charge in [-0.3, -0.25) is 4.79 Å². The molecule has 16 heavy (non-hydrogen) atoms. The minimum Gasteiger partial charge on any atom is -0.338 e. The average molecular weight is 239 g/mol. The second kappa shape index (κ2) is 4.59. The van der Waals surface area contributed by atoms with E-state index in [4.69, 9.17) is 0 Å². The molecule has 0 N–H and O–H groups in total. The summed E-state index contributed by atoms with van der Waals surface area (Å²) in [7, 11) is 0. The predicted octanol–water partition coefficient (Wildman–Crippen LogP) is 2.67. The van der Waals surface area contributed by atoms with Crippen molar-refractivity contribution in [2.75, 3.05) is 12.3 Å². The Kier molecular flexibility index (Phi) is 3.14. The molecular formula is C13H21NOS. The number of nitrogens with zero attached hydrogens (tertiary/aromatic N) is 1. The summed E-state index contributed by atoms with van der Waals surface area (Å²) >= 11 is 2.06. The first-order valence-electron chi connectivity index (χ1n) is 6.74. The van der Waals surface area contributed by atoms with Crippen LogP contribution in [0.2, 0.25) is 0 Å². The SMILES string of the molecule is O=C(CCC1CCCC1)N1CC2CC1CS2. The molecule has 1 saturated carbocycles. The first-order chi connectivity index (χ1) is 7.83. The van der Waals surface area contributed by atoms with Crippen molar-refractivity contribution >= 4 is 17.7 Å². The maximum atomic E-state index is 12.1. The van der Waals surface area contributed by atoms with E-state index in [0.717, 1.165) is 30.6 Å². The topological polar surface area (TPSA) is 20.3 Å². The molecular weight excluding hydrogens is 218 g/mol. The van der Waals surface area contributed by atoms with Gasteiger partial charge in [-0.25, -0.2) is 0 Å². The van der Waals surface area contributed by atoms with E-state index in [-0.39, 0.29) is 0 Å². The molecule has 3 aliphatic rings. The quantitative estimate of drug-likeness (QED) is 0.754. The molecule has 2 atom stereocenters. The number of hydrogen-bond donors (Lipinski definition) is 0. The lowest BCUT2D eigenvalue weighted by molar-refractivity contribution is -0.132. The van der Waals surface area contributed by atoms with Gasteiger partial charge in [0.2, 0.25) is 5.91 Å². The Labute approximate surface area is 102 Å². The van der Waals surface area contributed by atoms with Crippen LogP contribution in [0.4, 0.5) is 0 Å². The number of carbonyl (C=O) groups is 1. The predicted molar refractivity (Wildman–Crippen MR) is 67.6 cm³/mol. The molecule has 1 aliphatic carbocycles. The molecule has 3 heteroatoms. The van der Waals surface area contributed by atoms with Gasteiger partial charge >= 0.3 is 0 Å². The minimum absolute atomic E-state index is 0.444. The van der Waals surface area contributed by atoms with Gasteiger partial charge in [0.25, 0.3) is 0 Å². The summed E-state index contributed by atoms with van der Waals surface area (Å²) in [6.07, 6.45) is 8.76. The Hall–Kier alpha value is -0.180. The van der Waals surface area contributed by atoms with Gasteiger partial charge in [0, 0.05) is 30.0 Å². The molecule has 0 aromatic carbocycles. The van der Waals surface area contributed by atoms with Crippen molar-refractivity contribution in [1.29, 1.82) is 0 Å². The number of rotatable bonds is 3. The fourth-order valence-electron chi connectivity index (χ4n) is 3.48. The largest absolute Gasteiger partial charge is 0.338 e.